The first-order valence-electron chi connectivity index (χ1n) is 5.94. The van der Waals surface area contributed by atoms with Crippen molar-refractivity contribution in [2.75, 3.05) is 12.1 Å². The van der Waals surface area contributed by atoms with Gasteiger partial charge in [0.05, 0.1) is 5.69 Å². The zero-order chi connectivity index (χ0) is 14.3. The van der Waals surface area contributed by atoms with Gasteiger partial charge in [-0.25, -0.2) is 9.53 Å². The molecule has 7 heteroatoms. The minimum absolute atomic E-state index is 0.00910. The molecule has 7 nitrogen and oxygen atoms in total. The summed E-state index contributed by atoms with van der Waals surface area (Å²) >= 11 is 0. The first-order valence-corrected chi connectivity index (χ1v) is 5.94. The van der Waals surface area contributed by atoms with E-state index in [1.54, 1.807) is 32.2 Å². The highest BCUT2D eigenvalue weighted by Crippen LogP contribution is 2.34. The summed E-state index contributed by atoms with van der Waals surface area (Å²) in [6.07, 6.45) is 0. The second-order valence-electron chi connectivity index (χ2n) is 4.36. The predicted molar refractivity (Wildman–Crippen MR) is 69.2 cm³/mol. The number of hydrogen-bond acceptors (Lipinski definition) is 5. The van der Waals surface area contributed by atoms with Gasteiger partial charge in [0.25, 0.3) is 5.91 Å². The lowest BCUT2D eigenvalue weighted by molar-refractivity contribution is 0.102. The van der Waals surface area contributed by atoms with Crippen LogP contribution in [0.15, 0.2) is 27.5 Å². The number of anilines is 1. The highest BCUT2D eigenvalue weighted by molar-refractivity contribution is 6.04. The lowest BCUT2D eigenvalue weighted by Crippen LogP contribution is -2.19. The van der Waals surface area contributed by atoms with Crippen molar-refractivity contribution >= 4 is 11.6 Å². The Kier molecular flexibility index (Phi) is 2.74. The molecular formula is C13H12N2O5. The van der Waals surface area contributed by atoms with Crippen molar-refractivity contribution in [1.82, 2.24) is 4.74 Å². The molecule has 1 aliphatic heterocycles. The van der Waals surface area contributed by atoms with Crippen LogP contribution in [0.3, 0.4) is 0 Å². The van der Waals surface area contributed by atoms with Gasteiger partial charge in [-0.05, 0) is 19.1 Å². The second kappa shape index (κ2) is 4.44. The van der Waals surface area contributed by atoms with Crippen LogP contribution in [0, 0.1) is 6.92 Å². The minimum Gasteiger partial charge on any atom is -0.454 e. The predicted octanol–water partition coefficient (Wildman–Crippen LogP) is 1.27. The molecule has 1 aromatic carbocycles. The highest BCUT2D eigenvalue weighted by Gasteiger charge is 2.20. The van der Waals surface area contributed by atoms with E-state index in [1.807, 2.05) is 0 Å². The summed E-state index contributed by atoms with van der Waals surface area (Å²) in [7, 11) is 1.56. The van der Waals surface area contributed by atoms with E-state index >= 15 is 0 Å². The van der Waals surface area contributed by atoms with Crippen molar-refractivity contribution in [2.45, 2.75) is 6.92 Å². The van der Waals surface area contributed by atoms with Gasteiger partial charge in [0.2, 0.25) is 6.79 Å². The third kappa shape index (κ3) is 1.93. The van der Waals surface area contributed by atoms with E-state index in [4.69, 9.17) is 14.0 Å². The number of hydrogen-bond donors (Lipinski definition) is 1. The van der Waals surface area contributed by atoms with Crippen molar-refractivity contribution in [3.63, 3.8) is 0 Å². The molecule has 0 saturated carbocycles. The Bertz CT molecular complexity index is 744. The fourth-order valence-electron chi connectivity index (χ4n) is 1.97. The number of nitrogens with zero attached hydrogens (tertiary/aromatic N) is 1. The second-order valence-corrected chi connectivity index (χ2v) is 4.36. The Balaban J connectivity index is 1.88. The van der Waals surface area contributed by atoms with E-state index in [1.165, 1.54) is 4.74 Å². The zero-order valence-corrected chi connectivity index (χ0v) is 10.9. The zero-order valence-electron chi connectivity index (χ0n) is 10.9. The molecule has 0 fully saturated rings. The Labute approximate surface area is 113 Å². The van der Waals surface area contributed by atoms with Gasteiger partial charge < -0.3 is 19.3 Å². The van der Waals surface area contributed by atoms with E-state index < -0.39 is 11.5 Å². The molecule has 0 saturated heterocycles. The van der Waals surface area contributed by atoms with Gasteiger partial charge in [-0.2, -0.15) is 0 Å². The normalized spacial score (nSPS) is 12.5. The number of aromatic nitrogens is 1. The summed E-state index contributed by atoms with van der Waals surface area (Å²) in [5, 5.41) is 2.64. The Morgan fingerprint density at radius 1 is 1.30 bits per heavy atom. The van der Waals surface area contributed by atoms with Crippen molar-refractivity contribution in [2.24, 2.45) is 7.05 Å². The summed E-state index contributed by atoms with van der Waals surface area (Å²) < 4.78 is 16.5. The average molecular weight is 276 g/mol. The number of carbonyl (C=O) groups is 1. The number of amides is 1. The van der Waals surface area contributed by atoms with Gasteiger partial charge >= 0.3 is 5.63 Å². The maximum atomic E-state index is 12.1. The van der Waals surface area contributed by atoms with Gasteiger partial charge in [-0.1, -0.05) is 0 Å². The fourth-order valence-corrected chi connectivity index (χ4v) is 1.97. The molecule has 1 aromatic heterocycles. The quantitative estimate of drug-likeness (QED) is 0.893. The molecule has 1 amide bonds. The topological polar surface area (TPSA) is 82.7 Å². The van der Waals surface area contributed by atoms with Gasteiger partial charge in [-0.3, -0.25) is 4.79 Å². The van der Waals surface area contributed by atoms with Crippen molar-refractivity contribution in [1.29, 1.82) is 0 Å². The summed E-state index contributed by atoms with van der Waals surface area (Å²) in [6, 6.07) is 5.00. The van der Waals surface area contributed by atoms with Crippen LogP contribution in [-0.2, 0) is 7.05 Å². The van der Waals surface area contributed by atoms with Crippen molar-refractivity contribution in [3.8, 4) is 11.5 Å². The molecule has 0 bridgehead atoms. The van der Waals surface area contributed by atoms with E-state index in [0.717, 1.165) is 0 Å². The lowest BCUT2D eigenvalue weighted by atomic mass is 10.2. The molecule has 0 atom stereocenters. The largest absolute Gasteiger partial charge is 0.454 e. The number of aryl methyl sites for hydroxylation is 1. The van der Waals surface area contributed by atoms with E-state index in [0.29, 0.717) is 22.9 Å². The van der Waals surface area contributed by atoms with Crippen LogP contribution in [0.5, 0.6) is 11.5 Å². The number of nitrogens with one attached hydrogen (secondary N) is 1. The van der Waals surface area contributed by atoms with Crippen molar-refractivity contribution < 1.29 is 18.8 Å². The molecule has 0 spiro atoms. The fraction of sp³-hybridized carbons (Fsp3) is 0.231. The molecule has 2 aromatic rings. The van der Waals surface area contributed by atoms with Crippen LogP contribution in [0.25, 0.3) is 0 Å². The summed E-state index contributed by atoms with van der Waals surface area (Å²) in [6.45, 7) is 1.80. The Morgan fingerprint density at radius 2 is 2.05 bits per heavy atom. The highest BCUT2D eigenvalue weighted by atomic mass is 16.7. The van der Waals surface area contributed by atoms with Crippen LogP contribution in [0.4, 0.5) is 5.69 Å². The molecule has 0 radical (unpaired) electrons. The maximum Gasteiger partial charge on any atom is 0.370 e. The standard InChI is InChI=1S/C13H12N2O5/c1-7-11(13(17)20-15(7)2)12(16)14-8-3-4-9-10(5-8)19-6-18-9/h3-5H,6H2,1-2H3,(H,14,16). The van der Waals surface area contributed by atoms with E-state index in [2.05, 4.69) is 5.32 Å². The van der Waals surface area contributed by atoms with Gasteiger partial charge in [-0.15, -0.1) is 0 Å². The van der Waals surface area contributed by atoms with Crippen LogP contribution >= 0.6 is 0 Å². The van der Waals surface area contributed by atoms with Gasteiger partial charge in [0.15, 0.2) is 11.5 Å². The Hall–Kier alpha value is -2.70. The average Bonchev–Trinajstić information content (AvgIpc) is 2.94. The maximum absolute atomic E-state index is 12.1. The number of benzene rings is 1. The van der Waals surface area contributed by atoms with E-state index in [9.17, 15) is 9.59 Å². The first kappa shape index (κ1) is 12.3. The molecule has 0 unspecified atom stereocenters. The summed E-state index contributed by atoms with van der Waals surface area (Å²) in [4.78, 5) is 23.7. The monoisotopic (exact) mass is 276 g/mol. The van der Waals surface area contributed by atoms with Crippen LogP contribution in [0.1, 0.15) is 16.1 Å². The number of rotatable bonds is 2. The van der Waals surface area contributed by atoms with E-state index in [-0.39, 0.29) is 12.4 Å². The molecular weight excluding hydrogens is 264 g/mol. The molecule has 104 valence electrons. The molecule has 2 heterocycles. The smallest absolute Gasteiger partial charge is 0.370 e. The minimum atomic E-state index is -0.664. The lowest BCUT2D eigenvalue weighted by Gasteiger charge is -2.04. The number of ether oxygens (including phenoxy) is 2. The SMILES string of the molecule is Cc1c(C(=O)Nc2ccc3c(c2)OCO3)c(=O)on1C. The number of carbonyl (C=O) groups excluding carboxylic acids is 1. The molecule has 0 aliphatic carbocycles. The van der Waals surface area contributed by atoms with Gasteiger partial charge in [0.1, 0.15) is 5.56 Å². The molecule has 1 aliphatic rings. The van der Waals surface area contributed by atoms with Crippen molar-refractivity contribution in [3.05, 3.63) is 39.9 Å². The summed E-state index contributed by atoms with van der Waals surface area (Å²) in [5.41, 5.74) is 0.309. The van der Waals surface area contributed by atoms with Crippen LogP contribution in [0.2, 0.25) is 0 Å². The molecule has 1 N–H and O–H groups in total. The Morgan fingerprint density at radius 3 is 2.75 bits per heavy atom. The summed E-state index contributed by atoms with van der Waals surface area (Å²) in [5.74, 6) is 0.661. The molecule has 20 heavy (non-hydrogen) atoms. The van der Waals surface area contributed by atoms with Crippen LogP contribution in [-0.4, -0.2) is 17.4 Å². The third-order valence-electron chi connectivity index (χ3n) is 3.12. The first-order chi connectivity index (χ1) is 9.56. The van der Waals surface area contributed by atoms with Crippen LogP contribution < -0.4 is 20.4 Å². The van der Waals surface area contributed by atoms with Gasteiger partial charge in [0, 0.05) is 18.8 Å². The number of fused-ring (bicyclic) bond motifs is 1. The third-order valence-corrected chi connectivity index (χ3v) is 3.12. The molecule has 3 rings (SSSR count).